The second kappa shape index (κ2) is 7.67. The van der Waals surface area contributed by atoms with Gasteiger partial charge in [0.25, 0.3) is 0 Å². The number of rotatable bonds is 5. The molecule has 3 aliphatic rings. The molecule has 0 aromatic heterocycles. The van der Waals surface area contributed by atoms with Crippen molar-refractivity contribution in [2.45, 2.75) is 69.6 Å². The molecule has 8 nitrogen and oxygen atoms in total. The smallest absolute Gasteiger partial charge is 0.304 e. The van der Waals surface area contributed by atoms with Gasteiger partial charge in [0.1, 0.15) is 6.17 Å². The fraction of sp³-hybridized carbons (Fsp3) is 0.938. The van der Waals surface area contributed by atoms with Gasteiger partial charge in [-0.3, -0.25) is 4.79 Å². The van der Waals surface area contributed by atoms with E-state index in [1.165, 1.54) is 0 Å². The number of halogens is 1. The Balaban J connectivity index is 1.69. The molecule has 0 aromatic rings. The Morgan fingerprint density at radius 2 is 2.12 bits per heavy atom. The number of alkyl halides is 1. The van der Waals surface area contributed by atoms with Crippen LogP contribution in [0.1, 0.15) is 39.0 Å². The van der Waals surface area contributed by atoms with Crippen molar-refractivity contribution in [3.8, 4) is 0 Å². The third kappa shape index (κ3) is 4.04. The minimum atomic E-state index is -4.10. The average molecular weight is 394 g/mol. The summed E-state index contributed by atoms with van der Waals surface area (Å²) < 4.78 is 47.7. The van der Waals surface area contributed by atoms with Crippen LogP contribution in [0.15, 0.2) is 0 Å². The number of amides is 1. The van der Waals surface area contributed by atoms with Crippen molar-refractivity contribution >= 4 is 16.1 Å². The highest BCUT2D eigenvalue weighted by Gasteiger charge is 2.53. The van der Waals surface area contributed by atoms with Crippen molar-refractivity contribution in [3.63, 3.8) is 0 Å². The van der Waals surface area contributed by atoms with E-state index in [2.05, 4.69) is 0 Å². The van der Waals surface area contributed by atoms with E-state index in [1.54, 1.807) is 6.92 Å². The molecule has 2 aliphatic carbocycles. The zero-order valence-electron chi connectivity index (χ0n) is 14.8. The van der Waals surface area contributed by atoms with Gasteiger partial charge in [-0.2, -0.15) is 12.7 Å². The normalized spacial score (nSPS) is 41.5. The number of fused-ring (bicyclic) bond motifs is 1. The molecule has 150 valence electrons. The molecule has 7 atom stereocenters. The van der Waals surface area contributed by atoms with Crippen molar-refractivity contribution in [2.24, 2.45) is 11.8 Å². The van der Waals surface area contributed by atoms with E-state index < -0.39 is 53.0 Å². The number of aliphatic hydroxyl groups excluding tert-OH is 2. The van der Waals surface area contributed by atoms with Crippen LogP contribution < -0.4 is 4.72 Å². The van der Waals surface area contributed by atoms with Crippen molar-refractivity contribution in [1.29, 1.82) is 0 Å². The monoisotopic (exact) mass is 394 g/mol. The van der Waals surface area contributed by atoms with E-state index >= 15 is 4.39 Å². The van der Waals surface area contributed by atoms with Gasteiger partial charge in [-0.15, -0.1) is 0 Å². The van der Waals surface area contributed by atoms with E-state index in [0.29, 0.717) is 32.3 Å². The molecule has 3 N–H and O–H groups in total. The van der Waals surface area contributed by atoms with E-state index in [1.807, 2.05) is 4.72 Å². The first-order valence-corrected chi connectivity index (χ1v) is 10.6. The summed E-state index contributed by atoms with van der Waals surface area (Å²) >= 11 is 0. The Hall–Kier alpha value is -0.810. The van der Waals surface area contributed by atoms with Gasteiger partial charge in [0, 0.05) is 6.61 Å². The molecule has 1 amide bonds. The third-order valence-corrected chi connectivity index (χ3v) is 7.22. The van der Waals surface area contributed by atoms with Crippen LogP contribution in [0.4, 0.5) is 4.39 Å². The first-order chi connectivity index (χ1) is 12.2. The van der Waals surface area contributed by atoms with Gasteiger partial charge < -0.3 is 14.9 Å². The summed E-state index contributed by atoms with van der Waals surface area (Å²) in [5.41, 5.74) is 0. The molecule has 26 heavy (non-hydrogen) atoms. The summed E-state index contributed by atoms with van der Waals surface area (Å²) in [7, 11) is -4.10. The third-order valence-electron chi connectivity index (χ3n) is 5.75. The first kappa shape index (κ1) is 19.9. The molecule has 3 rings (SSSR count). The van der Waals surface area contributed by atoms with E-state index in [4.69, 9.17) is 4.74 Å². The summed E-state index contributed by atoms with van der Waals surface area (Å²) in [6, 6.07) is -1.25. The molecule has 7 unspecified atom stereocenters. The molecular formula is C16H27FN2O6S. The maximum atomic E-state index is 15.3. The van der Waals surface area contributed by atoms with Crippen LogP contribution >= 0.6 is 0 Å². The van der Waals surface area contributed by atoms with E-state index in [0.717, 1.165) is 10.7 Å². The topological polar surface area (TPSA) is 116 Å². The highest BCUT2D eigenvalue weighted by atomic mass is 32.2. The summed E-state index contributed by atoms with van der Waals surface area (Å²) in [6.07, 6.45) is -0.564. The predicted octanol–water partition coefficient (Wildman–Crippen LogP) is -0.293. The fourth-order valence-corrected chi connectivity index (χ4v) is 5.79. The summed E-state index contributed by atoms with van der Waals surface area (Å²) in [5, 5.41) is 19.7. The lowest BCUT2D eigenvalue weighted by molar-refractivity contribution is -0.120. The number of ether oxygens (including phenoxy) is 1. The number of nitrogens with one attached hydrogen (secondary N) is 1. The number of carbonyl (C=O) groups is 1. The molecule has 0 radical (unpaired) electrons. The van der Waals surface area contributed by atoms with Crippen LogP contribution in [-0.2, 0) is 19.7 Å². The maximum Gasteiger partial charge on any atom is 0.304 e. The zero-order valence-corrected chi connectivity index (χ0v) is 15.6. The van der Waals surface area contributed by atoms with Gasteiger partial charge in [0.2, 0.25) is 5.91 Å². The van der Waals surface area contributed by atoms with Gasteiger partial charge in [-0.1, -0.05) is 0 Å². The van der Waals surface area contributed by atoms with Crippen LogP contribution in [-0.4, -0.2) is 72.5 Å². The van der Waals surface area contributed by atoms with Crippen LogP contribution in [0, 0.1) is 11.8 Å². The lowest BCUT2D eigenvalue weighted by atomic mass is 9.66. The van der Waals surface area contributed by atoms with E-state index in [9.17, 15) is 23.4 Å². The summed E-state index contributed by atoms with van der Waals surface area (Å²) in [4.78, 5) is 11.5. The highest BCUT2D eigenvalue weighted by molar-refractivity contribution is 7.88. The number of aliphatic hydroxyl groups is 2. The number of carbonyl (C=O) groups excluding carboxylic acids is 1. The van der Waals surface area contributed by atoms with Crippen LogP contribution in [0.25, 0.3) is 0 Å². The zero-order chi connectivity index (χ0) is 19.1. The molecule has 3 fully saturated rings. The molecule has 1 aliphatic heterocycles. The minimum Gasteiger partial charge on any atom is -0.393 e. The SMILES string of the molecule is CC(O)CCOC1CCC2CC(O)C(N3CC(=O)NS3(=O)=O)C(F)C2C1. The largest absolute Gasteiger partial charge is 0.393 e. The van der Waals surface area contributed by atoms with Gasteiger partial charge in [0.15, 0.2) is 0 Å². The highest BCUT2D eigenvalue weighted by Crippen LogP contribution is 2.45. The van der Waals surface area contributed by atoms with Crippen LogP contribution in [0.5, 0.6) is 0 Å². The molecular weight excluding hydrogens is 367 g/mol. The summed E-state index contributed by atoms with van der Waals surface area (Å²) in [5.74, 6) is -1.16. The minimum absolute atomic E-state index is 0.0261. The molecule has 1 heterocycles. The predicted molar refractivity (Wildman–Crippen MR) is 89.9 cm³/mol. The van der Waals surface area contributed by atoms with Gasteiger partial charge >= 0.3 is 10.2 Å². The first-order valence-electron chi connectivity index (χ1n) is 9.13. The van der Waals surface area contributed by atoms with Crippen molar-refractivity contribution in [3.05, 3.63) is 0 Å². The Kier molecular flexibility index (Phi) is 5.88. The Morgan fingerprint density at radius 1 is 1.38 bits per heavy atom. The molecule has 0 spiro atoms. The van der Waals surface area contributed by atoms with Crippen molar-refractivity contribution in [2.75, 3.05) is 13.2 Å². The molecule has 1 saturated heterocycles. The lowest BCUT2D eigenvalue weighted by Gasteiger charge is -2.47. The molecule has 2 saturated carbocycles. The fourth-order valence-electron chi connectivity index (χ4n) is 4.46. The molecule has 10 heteroatoms. The quantitative estimate of drug-likeness (QED) is 0.590. The second-order valence-corrected chi connectivity index (χ2v) is 9.30. The van der Waals surface area contributed by atoms with Crippen molar-refractivity contribution < 1.29 is 32.6 Å². The number of hydrogen-bond donors (Lipinski definition) is 3. The van der Waals surface area contributed by atoms with E-state index in [-0.39, 0.29) is 12.0 Å². The summed E-state index contributed by atoms with van der Waals surface area (Å²) in [6.45, 7) is 1.61. The van der Waals surface area contributed by atoms with Gasteiger partial charge in [0.05, 0.1) is 30.9 Å². The van der Waals surface area contributed by atoms with Crippen LogP contribution in [0.2, 0.25) is 0 Å². The van der Waals surface area contributed by atoms with Crippen LogP contribution in [0.3, 0.4) is 0 Å². The Morgan fingerprint density at radius 3 is 2.73 bits per heavy atom. The second-order valence-electron chi connectivity index (χ2n) is 7.68. The van der Waals surface area contributed by atoms with Crippen molar-refractivity contribution in [1.82, 2.24) is 9.03 Å². The number of nitrogens with zero attached hydrogens (tertiary/aromatic N) is 1. The Labute approximate surface area is 152 Å². The average Bonchev–Trinajstić information content (AvgIpc) is 2.80. The standard InChI is InChI=1S/C16H27FN2O6S/c1-9(20)4-5-25-11-3-2-10-6-13(21)16(15(17)12(10)7-11)19-8-14(22)18-26(19,23)24/h9-13,15-16,20-21H,2-8H2,1H3,(H,18,22). The van der Waals surface area contributed by atoms with Gasteiger partial charge in [-0.05, 0) is 50.9 Å². The molecule has 0 bridgehead atoms. The maximum absolute atomic E-state index is 15.3. The van der Waals surface area contributed by atoms with Gasteiger partial charge in [-0.25, -0.2) is 9.11 Å². The Bertz CT molecular complexity index is 630. The molecule has 0 aromatic carbocycles. The number of hydrogen-bond acceptors (Lipinski definition) is 6. The lowest BCUT2D eigenvalue weighted by Crippen LogP contribution is -2.59.